The number of ether oxygens (including phenoxy) is 1. The summed E-state index contributed by atoms with van der Waals surface area (Å²) < 4.78 is 32.3. The first-order valence-corrected chi connectivity index (χ1v) is 6.48. The Labute approximate surface area is 106 Å². The van der Waals surface area contributed by atoms with Crippen LogP contribution in [0.2, 0.25) is 0 Å². The van der Waals surface area contributed by atoms with E-state index in [2.05, 4.69) is 5.32 Å². The molecule has 2 nitrogen and oxygen atoms in total. The third kappa shape index (κ3) is 3.42. The number of benzene rings is 1. The van der Waals surface area contributed by atoms with Crippen LogP contribution in [0.15, 0.2) is 12.1 Å². The first-order chi connectivity index (χ1) is 8.66. The molecule has 1 atom stereocenters. The Kier molecular flexibility index (Phi) is 4.53. The molecule has 18 heavy (non-hydrogen) atoms. The van der Waals surface area contributed by atoms with E-state index in [1.165, 1.54) is 12.1 Å². The van der Waals surface area contributed by atoms with Gasteiger partial charge in [0.2, 0.25) is 0 Å². The number of nitrogens with one attached hydrogen (secondary N) is 1. The lowest BCUT2D eigenvalue weighted by atomic mass is 10.1. The Balaban J connectivity index is 1.77. The molecule has 0 spiro atoms. The number of rotatable bonds is 5. The summed E-state index contributed by atoms with van der Waals surface area (Å²) in [6.07, 6.45) is 4.48. The van der Waals surface area contributed by atoms with Crippen molar-refractivity contribution in [3.63, 3.8) is 0 Å². The molecule has 2 rings (SSSR count). The summed E-state index contributed by atoms with van der Waals surface area (Å²) in [5, 5.41) is 2.93. The lowest BCUT2D eigenvalue weighted by Gasteiger charge is -2.11. The minimum absolute atomic E-state index is 0.241. The fourth-order valence-electron chi connectivity index (χ4n) is 2.21. The van der Waals surface area contributed by atoms with E-state index in [9.17, 15) is 8.78 Å². The van der Waals surface area contributed by atoms with Gasteiger partial charge in [-0.25, -0.2) is 8.78 Å². The third-order valence-electron chi connectivity index (χ3n) is 3.29. The second kappa shape index (κ2) is 6.14. The Morgan fingerprint density at radius 1 is 1.33 bits per heavy atom. The van der Waals surface area contributed by atoms with Crippen molar-refractivity contribution in [2.24, 2.45) is 0 Å². The molecule has 1 fully saturated rings. The first-order valence-electron chi connectivity index (χ1n) is 6.48. The molecular weight excluding hydrogens is 236 g/mol. The molecule has 1 aliphatic rings. The molecule has 100 valence electrons. The van der Waals surface area contributed by atoms with Crippen LogP contribution in [0.25, 0.3) is 0 Å². The maximum atomic E-state index is 13.5. The lowest BCUT2D eigenvalue weighted by Crippen LogP contribution is -2.10. The molecule has 0 bridgehead atoms. The van der Waals surface area contributed by atoms with E-state index in [0.717, 1.165) is 32.3 Å². The molecule has 1 aromatic carbocycles. The first kappa shape index (κ1) is 13.3. The molecule has 1 N–H and O–H groups in total. The molecule has 4 heteroatoms. The fourth-order valence-corrected chi connectivity index (χ4v) is 2.21. The van der Waals surface area contributed by atoms with Gasteiger partial charge in [0, 0.05) is 19.2 Å². The van der Waals surface area contributed by atoms with Crippen LogP contribution < -0.4 is 5.32 Å². The zero-order valence-corrected chi connectivity index (χ0v) is 10.6. The minimum Gasteiger partial charge on any atom is -0.383 e. The topological polar surface area (TPSA) is 21.3 Å². The monoisotopic (exact) mass is 255 g/mol. The van der Waals surface area contributed by atoms with E-state index in [4.69, 9.17) is 4.74 Å². The average Bonchev–Trinajstić information content (AvgIpc) is 2.84. The molecule has 1 aliphatic heterocycles. The number of aryl methyl sites for hydroxylation is 1. The molecule has 1 heterocycles. The van der Waals surface area contributed by atoms with Crippen LogP contribution in [0.3, 0.4) is 0 Å². The van der Waals surface area contributed by atoms with E-state index < -0.39 is 5.82 Å². The standard InChI is InChI=1S/C14H19F2NO/c1-10-8-13(16)14(9-12(10)15)17-6-2-4-11-5-3-7-18-11/h8-9,11,17H,2-7H2,1H3. The second-order valence-corrected chi connectivity index (χ2v) is 4.79. The van der Waals surface area contributed by atoms with Crippen LogP contribution >= 0.6 is 0 Å². The van der Waals surface area contributed by atoms with Crippen LogP contribution in [0.4, 0.5) is 14.5 Å². The van der Waals surface area contributed by atoms with Crippen LogP contribution in [0, 0.1) is 18.6 Å². The van der Waals surface area contributed by atoms with E-state index in [1.54, 1.807) is 6.92 Å². The Bertz CT molecular complexity index is 403. The van der Waals surface area contributed by atoms with Gasteiger partial charge in [-0.1, -0.05) is 0 Å². The van der Waals surface area contributed by atoms with Crippen LogP contribution in [-0.2, 0) is 4.74 Å². The van der Waals surface area contributed by atoms with Crippen molar-refractivity contribution in [1.29, 1.82) is 0 Å². The predicted octanol–water partition coefficient (Wildman–Crippen LogP) is 3.64. The second-order valence-electron chi connectivity index (χ2n) is 4.79. The van der Waals surface area contributed by atoms with Crippen molar-refractivity contribution < 1.29 is 13.5 Å². The molecule has 0 aliphatic carbocycles. The highest BCUT2D eigenvalue weighted by molar-refractivity contribution is 5.46. The van der Waals surface area contributed by atoms with Crippen molar-refractivity contribution in [3.8, 4) is 0 Å². The smallest absolute Gasteiger partial charge is 0.146 e. The summed E-state index contributed by atoms with van der Waals surface area (Å²) in [5.41, 5.74) is 0.572. The van der Waals surface area contributed by atoms with Crippen molar-refractivity contribution in [1.82, 2.24) is 0 Å². The SMILES string of the molecule is Cc1cc(F)c(NCCCC2CCCO2)cc1F. The molecule has 1 aromatic rings. The zero-order valence-electron chi connectivity index (χ0n) is 10.6. The largest absolute Gasteiger partial charge is 0.383 e. The van der Waals surface area contributed by atoms with Gasteiger partial charge in [-0.15, -0.1) is 0 Å². The summed E-state index contributed by atoms with van der Waals surface area (Å²) in [7, 11) is 0. The Morgan fingerprint density at radius 3 is 2.89 bits per heavy atom. The highest BCUT2D eigenvalue weighted by Crippen LogP contribution is 2.20. The van der Waals surface area contributed by atoms with Gasteiger partial charge >= 0.3 is 0 Å². The zero-order chi connectivity index (χ0) is 13.0. The number of hydrogen-bond donors (Lipinski definition) is 1. The van der Waals surface area contributed by atoms with Gasteiger partial charge in [0.05, 0.1) is 11.8 Å². The Hall–Kier alpha value is -1.16. The van der Waals surface area contributed by atoms with Gasteiger partial charge in [-0.05, 0) is 44.2 Å². The number of hydrogen-bond acceptors (Lipinski definition) is 2. The summed E-state index contributed by atoms with van der Waals surface area (Å²) in [5.74, 6) is -0.774. The highest BCUT2D eigenvalue weighted by atomic mass is 19.1. The maximum absolute atomic E-state index is 13.5. The highest BCUT2D eigenvalue weighted by Gasteiger charge is 2.14. The number of halogens is 2. The average molecular weight is 255 g/mol. The van der Waals surface area contributed by atoms with Crippen LogP contribution in [0.5, 0.6) is 0 Å². The van der Waals surface area contributed by atoms with Gasteiger partial charge in [0.15, 0.2) is 0 Å². The molecule has 0 amide bonds. The van der Waals surface area contributed by atoms with Crippen molar-refractivity contribution >= 4 is 5.69 Å². The van der Waals surface area contributed by atoms with E-state index in [-0.39, 0.29) is 11.5 Å². The van der Waals surface area contributed by atoms with E-state index >= 15 is 0 Å². The lowest BCUT2D eigenvalue weighted by molar-refractivity contribution is 0.103. The van der Waals surface area contributed by atoms with Gasteiger partial charge in [-0.2, -0.15) is 0 Å². The fraction of sp³-hybridized carbons (Fsp3) is 0.571. The number of anilines is 1. The third-order valence-corrected chi connectivity index (χ3v) is 3.29. The summed E-state index contributed by atoms with van der Waals surface area (Å²) in [6.45, 7) is 3.05. The summed E-state index contributed by atoms with van der Waals surface area (Å²) >= 11 is 0. The van der Waals surface area contributed by atoms with Crippen LogP contribution in [-0.4, -0.2) is 19.3 Å². The summed E-state index contributed by atoms with van der Waals surface area (Å²) in [6, 6.07) is 2.44. The van der Waals surface area contributed by atoms with Crippen LogP contribution in [0.1, 0.15) is 31.2 Å². The minimum atomic E-state index is -0.397. The molecule has 0 radical (unpaired) electrons. The molecular formula is C14H19F2NO. The van der Waals surface area contributed by atoms with Crippen molar-refractivity contribution in [3.05, 3.63) is 29.3 Å². The van der Waals surface area contributed by atoms with Crippen molar-refractivity contribution in [2.45, 2.75) is 38.7 Å². The molecule has 0 aromatic heterocycles. The Morgan fingerprint density at radius 2 is 2.17 bits per heavy atom. The molecule has 1 saturated heterocycles. The van der Waals surface area contributed by atoms with Gasteiger partial charge in [-0.3, -0.25) is 0 Å². The normalized spacial score (nSPS) is 19.2. The molecule has 1 unspecified atom stereocenters. The van der Waals surface area contributed by atoms with Gasteiger partial charge in [0.1, 0.15) is 11.6 Å². The molecule has 0 saturated carbocycles. The van der Waals surface area contributed by atoms with E-state index in [0.29, 0.717) is 18.2 Å². The maximum Gasteiger partial charge on any atom is 0.146 e. The quantitative estimate of drug-likeness (QED) is 0.811. The van der Waals surface area contributed by atoms with Gasteiger partial charge < -0.3 is 10.1 Å². The van der Waals surface area contributed by atoms with Crippen molar-refractivity contribution in [2.75, 3.05) is 18.5 Å². The summed E-state index contributed by atoms with van der Waals surface area (Å²) in [4.78, 5) is 0. The van der Waals surface area contributed by atoms with E-state index in [1.807, 2.05) is 0 Å². The predicted molar refractivity (Wildman–Crippen MR) is 67.8 cm³/mol. The van der Waals surface area contributed by atoms with Gasteiger partial charge in [0.25, 0.3) is 0 Å².